The Morgan fingerprint density at radius 1 is 1.10 bits per heavy atom. The van der Waals surface area contributed by atoms with Crippen LogP contribution >= 0.6 is 0 Å². The van der Waals surface area contributed by atoms with Crippen LogP contribution in [0.3, 0.4) is 0 Å². The molecule has 0 bridgehead atoms. The number of hydrogen-bond donors (Lipinski definition) is 1. The fourth-order valence-electron chi connectivity index (χ4n) is 4.17. The number of hydrogen-bond acceptors (Lipinski definition) is 4. The van der Waals surface area contributed by atoms with Crippen molar-refractivity contribution in [3.63, 3.8) is 0 Å². The number of likely N-dealkylation sites (N-methyl/N-ethyl adjacent to an activating group) is 1. The van der Waals surface area contributed by atoms with Crippen molar-refractivity contribution < 1.29 is 9.53 Å². The van der Waals surface area contributed by atoms with E-state index >= 15 is 0 Å². The summed E-state index contributed by atoms with van der Waals surface area (Å²) >= 11 is 0. The van der Waals surface area contributed by atoms with E-state index in [2.05, 4.69) is 37.9 Å². The predicted molar refractivity (Wildman–Crippen MR) is 82.7 cm³/mol. The molecule has 118 valence electrons. The number of methoxy groups -OCH3 is 1. The first-order chi connectivity index (χ1) is 9.02. The Morgan fingerprint density at radius 2 is 1.60 bits per heavy atom. The van der Waals surface area contributed by atoms with E-state index in [9.17, 15) is 4.79 Å². The zero-order valence-corrected chi connectivity index (χ0v) is 14.3. The van der Waals surface area contributed by atoms with Gasteiger partial charge in [0, 0.05) is 13.1 Å². The molecule has 0 aromatic carbocycles. The maximum atomic E-state index is 12.4. The van der Waals surface area contributed by atoms with Crippen molar-refractivity contribution in [2.24, 2.45) is 10.8 Å². The monoisotopic (exact) mass is 284 g/mol. The molecule has 0 saturated heterocycles. The molecule has 0 unspecified atom stereocenters. The summed E-state index contributed by atoms with van der Waals surface area (Å²) in [5.74, 6) is -0.114. The molecule has 0 amide bonds. The second-order valence-electron chi connectivity index (χ2n) is 8.16. The van der Waals surface area contributed by atoms with Crippen molar-refractivity contribution in [1.29, 1.82) is 0 Å². The van der Waals surface area contributed by atoms with Gasteiger partial charge in [0.15, 0.2) is 0 Å². The van der Waals surface area contributed by atoms with Crippen LogP contribution in [0.4, 0.5) is 0 Å². The van der Waals surface area contributed by atoms with E-state index in [1.165, 1.54) is 7.11 Å². The van der Waals surface area contributed by atoms with Gasteiger partial charge in [0.1, 0.15) is 5.54 Å². The van der Waals surface area contributed by atoms with Crippen LogP contribution in [0.15, 0.2) is 0 Å². The van der Waals surface area contributed by atoms with Crippen molar-refractivity contribution in [3.8, 4) is 0 Å². The first-order valence-electron chi connectivity index (χ1n) is 7.50. The van der Waals surface area contributed by atoms with Gasteiger partial charge in [0.2, 0.25) is 0 Å². The Bertz CT molecular complexity index is 332. The SMILES string of the molecule is COC(=O)C1(NCCN(C)C)CC(C)(C)CC(C)(C)C1. The van der Waals surface area contributed by atoms with E-state index < -0.39 is 5.54 Å². The number of carbonyl (C=O) groups is 1. The first-order valence-corrected chi connectivity index (χ1v) is 7.50. The molecule has 1 N–H and O–H groups in total. The molecular weight excluding hydrogens is 252 g/mol. The van der Waals surface area contributed by atoms with Crippen molar-refractivity contribution in [2.45, 2.75) is 52.5 Å². The van der Waals surface area contributed by atoms with Gasteiger partial charge < -0.3 is 15.0 Å². The van der Waals surface area contributed by atoms with E-state index in [1.807, 2.05) is 14.1 Å². The second-order valence-corrected chi connectivity index (χ2v) is 8.16. The summed E-state index contributed by atoms with van der Waals surface area (Å²) in [7, 11) is 5.58. The van der Waals surface area contributed by atoms with Gasteiger partial charge in [0.25, 0.3) is 0 Å². The maximum absolute atomic E-state index is 12.4. The number of nitrogens with one attached hydrogen (secondary N) is 1. The first kappa shape index (κ1) is 17.4. The van der Waals surface area contributed by atoms with Crippen LogP contribution in [0.5, 0.6) is 0 Å². The molecular formula is C16H32N2O2. The van der Waals surface area contributed by atoms with Crippen molar-refractivity contribution in [3.05, 3.63) is 0 Å². The summed E-state index contributed by atoms with van der Waals surface area (Å²) in [6, 6.07) is 0. The molecule has 1 saturated carbocycles. The van der Waals surface area contributed by atoms with Crippen LogP contribution in [-0.2, 0) is 9.53 Å². The Hall–Kier alpha value is -0.610. The highest BCUT2D eigenvalue weighted by atomic mass is 16.5. The molecule has 0 aromatic rings. The van der Waals surface area contributed by atoms with Gasteiger partial charge >= 0.3 is 5.97 Å². The van der Waals surface area contributed by atoms with Crippen molar-refractivity contribution >= 4 is 5.97 Å². The largest absolute Gasteiger partial charge is 0.468 e. The van der Waals surface area contributed by atoms with Crippen LogP contribution in [0.2, 0.25) is 0 Å². The maximum Gasteiger partial charge on any atom is 0.326 e. The minimum Gasteiger partial charge on any atom is -0.468 e. The fraction of sp³-hybridized carbons (Fsp3) is 0.938. The van der Waals surface area contributed by atoms with Gasteiger partial charge in [-0.15, -0.1) is 0 Å². The summed E-state index contributed by atoms with van der Waals surface area (Å²) < 4.78 is 5.12. The number of ether oxygens (including phenoxy) is 1. The minimum absolute atomic E-state index is 0.114. The Morgan fingerprint density at radius 3 is 2.00 bits per heavy atom. The lowest BCUT2D eigenvalue weighted by atomic mass is 9.58. The molecule has 1 rings (SSSR count). The fourth-order valence-corrected chi connectivity index (χ4v) is 4.17. The van der Waals surface area contributed by atoms with Crippen LogP contribution in [0.25, 0.3) is 0 Å². The third-order valence-electron chi connectivity index (χ3n) is 4.12. The molecule has 0 heterocycles. The van der Waals surface area contributed by atoms with Gasteiger partial charge in [-0.3, -0.25) is 4.79 Å². The normalized spacial score (nSPS) is 23.6. The highest BCUT2D eigenvalue weighted by Gasteiger charge is 2.52. The van der Waals surface area contributed by atoms with Gasteiger partial charge in [0.05, 0.1) is 7.11 Å². The average Bonchev–Trinajstić information content (AvgIpc) is 2.22. The number of carbonyl (C=O) groups excluding carboxylic acids is 1. The lowest BCUT2D eigenvalue weighted by Gasteiger charge is -2.50. The van der Waals surface area contributed by atoms with Crippen molar-refractivity contribution in [1.82, 2.24) is 10.2 Å². The summed E-state index contributed by atoms with van der Waals surface area (Å²) in [6.45, 7) is 10.7. The Kier molecular flexibility index (Phi) is 5.25. The molecule has 1 fully saturated rings. The number of rotatable bonds is 5. The predicted octanol–water partition coefficient (Wildman–Crippen LogP) is 2.29. The lowest BCUT2D eigenvalue weighted by Crippen LogP contribution is -2.61. The van der Waals surface area contributed by atoms with Gasteiger partial charge in [-0.1, -0.05) is 27.7 Å². The highest BCUT2D eigenvalue weighted by molar-refractivity contribution is 5.81. The molecule has 0 radical (unpaired) electrons. The van der Waals surface area contributed by atoms with Gasteiger partial charge in [-0.2, -0.15) is 0 Å². The van der Waals surface area contributed by atoms with E-state index in [-0.39, 0.29) is 16.8 Å². The zero-order chi connectivity index (χ0) is 15.6. The number of esters is 1. The molecule has 20 heavy (non-hydrogen) atoms. The number of nitrogens with zero attached hydrogens (tertiary/aromatic N) is 1. The Labute approximate surface area is 124 Å². The topological polar surface area (TPSA) is 41.6 Å². The van der Waals surface area contributed by atoms with Gasteiger partial charge in [-0.05, 0) is 44.2 Å². The zero-order valence-electron chi connectivity index (χ0n) is 14.3. The summed E-state index contributed by atoms with van der Waals surface area (Å²) in [4.78, 5) is 14.6. The summed E-state index contributed by atoms with van der Waals surface area (Å²) in [5, 5.41) is 3.51. The second kappa shape index (κ2) is 6.02. The molecule has 0 spiro atoms. The average molecular weight is 284 g/mol. The molecule has 1 aliphatic carbocycles. The van der Waals surface area contributed by atoms with E-state index in [0.29, 0.717) is 0 Å². The van der Waals surface area contributed by atoms with E-state index in [4.69, 9.17) is 4.74 Å². The van der Waals surface area contributed by atoms with Crippen LogP contribution < -0.4 is 5.32 Å². The van der Waals surface area contributed by atoms with Crippen LogP contribution in [-0.4, -0.2) is 50.7 Å². The summed E-state index contributed by atoms with van der Waals surface area (Å²) in [6.07, 6.45) is 2.81. The molecule has 0 atom stereocenters. The minimum atomic E-state index is -0.546. The van der Waals surface area contributed by atoms with E-state index in [1.54, 1.807) is 0 Å². The smallest absolute Gasteiger partial charge is 0.326 e. The standard InChI is InChI=1S/C16H32N2O2/c1-14(2)10-15(3,4)12-16(11-14,13(19)20-7)17-8-9-18(5)6/h17H,8-12H2,1-7H3. The lowest BCUT2D eigenvalue weighted by molar-refractivity contribution is -0.155. The van der Waals surface area contributed by atoms with Crippen LogP contribution in [0.1, 0.15) is 47.0 Å². The molecule has 4 heteroatoms. The molecule has 4 nitrogen and oxygen atoms in total. The molecule has 1 aliphatic rings. The third kappa shape index (κ3) is 4.45. The molecule has 0 aromatic heterocycles. The van der Waals surface area contributed by atoms with Crippen LogP contribution in [0, 0.1) is 10.8 Å². The van der Waals surface area contributed by atoms with E-state index in [0.717, 1.165) is 32.4 Å². The van der Waals surface area contributed by atoms with Crippen molar-refractivity contribution in [2.75, 3.05) is 34.3 Å². The highest BCUT2D eigenvalue weighted by Crippen LogP contribution is 2.50. The quantitative estimate of drug-likeness (QED) is 0.787. The molecule has 0 aliphatic heterocycles. The Balaban J connectivity index is 2.95. The van der Waals surface area contributed by atoms with Gasteiger partial charge in [-0.25, -0.2) is 0 Å². The third-order valence-corrected chi connectivity index (χ3v) is 4.12. The summed E-state index contributed by atoms with van der Waals surface area (Å²) in [5.41, 5.74) is -0.266.